The molecule has 0 aromatic heterocycles. The first kappa shape index (κ1) is 14.0. The van der Waals surface area contributed by atoms with E-state index in [-0.39, 0.29) is 24.2 Å². The molecule has 0 amide bonds. The Morgan fingerprint density at radius 1 is 1.44 bits per heavy atom. The fourth-order valence-electron chi connectivity index (χ4n) is 1.39. The summed E-state index contributed by atoms with van der Waals surface area (Å²) >= 11 is 0. The maximum absolute atomic E-state index is 12.5. The number of hydrogen-bond acceptors (Lipinski definition) is 3. The van der Waals surface area contributed by atoms with Gasteiger partial charge in [-0.15, -0.1) is 0 Å². The monoisotopic (exact) mass is 257 g/mol. The Hall–Kier alpha value is -2.03. The number of carbonyl (C=O) groups is 1. The lowest BCUT2D eigenvalue weighted by Crippen LogP contribution is -2.11. The van der Waals surface area contributed by atoms with Crippen molar-refractivity contribution < 1.29 is 22.7 Å². The molecule has 1 rings (SSSR count). The van der Waals surface area contributed by atoms with Gasteiger partial charge in [0, 0.05) is 0 Å². The van der Waals surface area contributed by atoms with Crippen molar-refractivity contribution in [1.29, 1.82) is 5.26 Å². The van der Waals surface area contributed by atoms with E-state index in [0.717, 1.165) is 18.2 Å². The number of alkyl halides is 3. The van der Waals surface area contributed by atoms with Gasteiger partial charge in [-0.05, 0) is 30.7 Å². The third kappa shape index (κ3) is 3.48. The van der Waals surface area contributed by atoms with Crippen molar-refractivity contribution >= 4 is 5.97 Å². The number of esters is 1. The summed E-state index contributed by atoms with van der Waals surface area (Å²) in [6.45, 7) is 1.73. The summed E-state index contributed by atoms with van der Waals surface area (Å²) in [6.07, 6.45) is -4.85. The van der Waals surface area contributed by atoms with Crippen molar-refractivity contribution in [3.05, 3.63) is 34.9 Å². The van der Waals surface area contributed by atoms with Gasteiger partial charge in [0.15, 0.2) is 0 Å². The molecule has 3 nitrogen and oxygen atoms in total. The zero-order chi connectivity index (χ0) is 13.8. The van der Waals surface area contributed by atoms with Gasteiger partial charge in [0.25, 0.3) is 0 Å². The van der Waals surface area contributed by atoms with Crippen LogP contribution in [0.4, 0.5) is 13.2 Å². The predicted octanol–water partition coefficient (Wildman–Crippen LogP) is 2.68. The van der Waals surface area contributed by atoms with Crippen LogP contribution in [0.25, 0.3) is 0 Å². The second-order valence-electron chi connectivity index (χ2n) is 3.46. The van der Waals surface area contributed by atoms with Crippen molar-refractivity contribution in [3.8, 4) is 6.07 Å². The number of nitrogens with zero attached hydrogens (tertiary/aromatic N) is 1. The topological polar surface area (TPSA) is 50.1 Å². The molecule has 0 radical (unpaired) electrons. The number of ether oxygens (including phenoxy) is 1. The second-order valence-corrected chi connectivity index (χ2v) is 3.46. The Kier molecular flexibility index (Phi) is 4.32. The number of halogens is 3. The maximum atomic E-state index is 12.5. The van der Waals surface area contributed by atoms with Crippen LogP contribution in [0.2, 0.25) is 0 Å². The highest BCUT2D eigenvalue weighted by Gasteiger charge is 2.31. The molecule has 1 aromatic carbocycles. The molecule has 18 heavy (non-hydrogen) atoms. The Bertz CT molecular complexity index is 489. The molecule has 0 bridgehead atoms. The Morgan fingerprint density at radius 2 is 2.11 bits per heavy atom. The van der Waals surface area contributed by atoms with Gasteiger partial charge in [-0.3, -0.25) is 4.79 Å². The minimum absolute atomic E-state index is 0.0192. The number of carbonyl (C=O) groups excluding carboxylic acids is 1. The van der Waals surface area contributed by atoms with Gasteiger partial charge in [0.05, 0.1) is 30.2 Å². The number of benzene rings is 1. The van der Waals surface area contributed by atoms with E-state index in [4.69, 9.17) is 5.26 Å². The molecular formula is C12H10F3NO2. The lowest BCUT2D eigenvalue weighted by atomic mass is 10.0. The van der Waals surface area contributed by atoms with Crippen LogP contribution < -0.4 is 0 Å². The molecule has 0 aliphatic rings. The van der Waals surface area contributed by atoms with E-state index in [1.54, 1.807) is 13.0 Å². The first-order valence-corrected chi connectivity index (χ1v) is 5.14. The Balaban J connectivity index is 3.08. The zero-order valence-corrected chi connectivity index (χ0v) is 9.54. The molecule has 0 unspecified atom stereocenters. The Morgan fingerprint density at radius 3 is 2.61 bits per heavy atom. The minimum atomic E-state index is -4.50. The molecule has 0 atom stereocenters. The minimum Gasteiger partial charge on any atom is -0.466 e. The van der Waals surface area contributed by atoms with Crippen molar-refractivity contribution in [2.24, 2.45) is 0 Å². The molecule has 0 fully saturated rings. The number of nitriles is 1. The van der Waals surface area contributed by atoms with Gasteiger partial charge in [-0.2, -0.15) is 18.4 Å². The molecule has 0 aliphatic carbocycles. The van der Waals surface area contributed by atoms with E-state index in [2.05, 4.69) is 4.74 Å². The van der Waals surface area contributed by atoms with Crippen LogP contribution >= 0.6 is 0 Å². The summed E-state index contributed by atoms with van der Waals surface area (Å²) in [6, 6.07) is 4.41. The molecule has 0 saturated heterocycles. The maximum Gasteiger partial charge on any atom is 0.416 e. The van der Waals surface area contributed by atoms with Crippen LogP contribution in [0.15, 0.2) is 18.2 Å². The van der Waals surface area contributed by atoms with E-state index in [9.17, 15) is 18.0 Å². The smallest absolute Gasteiger partial charge is 0.416 e. The van der Waals surface area contributed by atoms with Crippen LogP contribution in [0.5, 0.6) is 0 Å². The van der Waals surface area contributed by atoms with Gasteiger partial charge >= 0.3 is 12.1 Å². The molecule has 96 valence electrons. The average molecular weight is 257 g/mol. The predicted molar refractivity (Wildman–Crippen MR) is 56.5 cm³/mol. The molecule has 0 spiro atoms. The van der Waals surface area contributed by atoms with Gasteiger partial charge in [0.2, 0.25) is 0 Å². The van der Waals surface area contributed by atoms with Crippen LogP contribution in [-0.4, -0.2) is 12.6 Å². The fourth-order valence-corrected chi connectivity index (χ4v) is 1.39. The summed E-state index contributed by atoms with van der Waals surface area (Å²) in [5.74, 6) is -0.659. The number of hydrogen-bond donors (Lipinski definition) is 0. The first-order chi connectivity index (χ1) is 8.38. The molecule has 1 aromatic rings. The zero-order valence-electron chi connectivity index (χ0n) is 9.54. The average Bonchev–Trinajstić information content (AvgIpc) is 2.28. The summed E-state index contributed by atoms with van der Waals surface area (Å²) < 4.78 is 42.1. The van der Waals surface area contributed by atoms with E-state index in [1.807, 2.05) is 0 Å². The van der Waals surface area contributed by atoms with E-state index in [1.165, 1.54) is 0 Å². The molecular weight excluding hydrogens is 247 g/mol. The molecule has 0 aliphatic heterocycles. The lowest BCUT2D eigenvalue weighted by Gasteiger charge is -2.10. The van der Waals surface area contributed by atoms with E-state index >= 15 is 0 Å². The van der Waals surface area contributed by atoms with Crippen LogP contribution in [0, 0.1) is 11.3 Å². The van der Waals surface area contributed by atoms with Gasteiger partial charge in [-0.1, -0.05) is 0 Å². The fraction of sp³-hybridized carbons (Fsp3) is 0.333. The quantitative estimate of drug-likeness (QED) is 0.782. The van der Waals surface area contributed by atoms with Crippen LogP contribution in [0.1, 0.15) is 23.6 Å². The highest BCUT2D eigenvalue weighted by molar-refractivity contribution is 5.73. The highest BCUT2D eigenvalue weighted by Crippen LogP contribution is 2.30. The van der Waals surface area contributed by atoms with Gasteiger partial charge in [-0.25, -0.2) is 0 Å². The van der Waals surface area contributed by atoms with Crippen molar-refractivity contribution in [2.75, 3.05) is 6.61 Å². The van der Waals surface area contributed by atoms with Crippen molar-refractivity contribution in [1.82, 2.24) is 0 Å². The number of rotatable bonds is 3. The van der Waals surface area contributed by atoms with Crippen molar-refractivity contribution in [3.63, 3.8) is 0 Å². The lowest BCUT2D eigenvalue weighted by molar-refractivity contribution is -0.142. The third-order valence-electron chi connectivity index (χ3n) is 2.19. The first-order valence-electron chi connectivity index (χ1n) is 5.14. The normalized spacial score (nSPS) is 10.8. The SMILES string of the molecule is CCOC(=O)Cc1cc(C(F)(F)F)ccc1C#N. The second kappa shape index (κ2) is 5.54. The standard InChI is InChI=1S/C12H10F3NO2/c1-2-18-11(17)6-9-5-10(12(13,14)15)4-3-8(9)7-16/h3-5H,2,6H2,1H3. The van der Waals surface area contributed by atoms with E-state index in [0.29, 0.717) is 0 Å². The summed E-state index contributed by atoms with van der Waals surface area (Å²) in [5, 5.41) is 8.77. The molecule has 0 heterocycles. The van der Waals surface area contributed by atoms with E-state index < -0.39 is 17.7 Å². The summed E-state index contributed by atoms with van der Waals surface area (Å²) in [7, 11) is 0. The van der Waals surface area contributed by atoms with Crippen LogP contribution in [-0.2, 0) is 22.1 Å². The van der Waals surface area contributed by atoms with Crippen LogP contribution in [0.3, 0.4) is 0 Å². The Labute approximate surface area is 102 Å². The largest absolute Gasteiger partial charge is 0.466 e. The molecule has 6 heteroatoms. The van der Waals surface area contributed by atoms with Crippen molar-refractivity contribution in [2.45, 2.75) is 19.5 Å². The molecule has 0 saturated carbocycles. The van der Waals surface area contributed by atoms with Gasteiger partial charge < -0.3 is 4.74 Å². The summed E-state index contributed by atoms with van der Waals surface area (Å²) in [4.78, 5) is 11.2. The summed E-state index contributed by atoms with van der Waals surface area (Å²) in [5.41, 5.74) is -0.831. The highest BCUT2D eigenvalue weighted by atomic mass is 19.4. The molecule has 0 N–H and O–H groups in total. The van der Waals surface area contributed by atoms with Gasteiger partial charge in [0.1, 0.15) is 0 Å². The third-order valence-corrected chi connectivity index (χ3v) is 2.19.